The largest absolute Gasteiger partial charge is 0.384 e. The fraction of sp³-hybridized carbons (Fsp3) is 0.333. The maximum absolute atomic E-state index is 12.0. The highest BCUT2D eigenvalue weighted by Crippen LogP contribution is 2.27. The van der Waals surface area contributed by atoms with Crippen LogP contribution < -0.4 is 15.5 Å². The average molecular weight is 471 g/mol. The molecule has 1 aliphatic heterocycles. The van der Waals surface area contributed by atoms with Gasteiger partial charge in [0.15, 0.2) is 0 Å². The molecule has 1 amide bonds. The summed E-state index contributed by atoms with van der Waals surface area (Å²) in [5.41, 5.74) is 5.25. The highest BCUT2D eigenvalue weighted by atomic mass is 16.5. The third-order valence-electron chi connectivity index (χ3n) is 6.23. The Balaban J connectivity index is 1.42. The van der Waals surface area contributed by atoms with Gasteiger partial charge in [0, 0.05) is 55.5 Å². The van der Waals surface area contributed by atoms with Gasteiger partial charge in [-0.15, -0.1) is 0 Å². The van der Waals surface area contributed by atoms with E-state index in [0.717, 1.165) is 55.0 Å². The van der Waals surface area contributed by atoms with Crippen LogP contribution >= 0.6 is 0 Å². The zero-order valence-electron chi connectivity index (χ0n) is 20.1. The van der Waals surface area contributed by atoms with Gasteiger partial charge in [-0.25, -0.2) is 9.97 Å². The second-order valence-corrected chi connectivity index (χ2v) is 8.70. The number of nitriles is 1. The van der Waals surface area contributed by atoms with Crippen molar-refractivity contribution in [3.05, 3.63) is 65.9 Å². The zero-order chi connectivity index (χ0) is 24.6. The highest BCUT2D eigenvalue weighted by Gasteiger charge is 2.19. The smallest absolute Gasteiger partial charge is 0.252 e. The SMILES string of the molecule is COCC1CCN(c2ccc(Nc3ncc(C)c(-c4ccc(C(=O)NCC#N)cc4)n3)cc2)CC1. The van der Waals surface area contributed by atoms with Gasteiger partial charge in [-0.2, -0.15) is 5.26 Å². The van der Waals surface area contributed by atoms with Crippen LogP contribution in [0.15, 0.2) is 54.7 Å². The molecule has 1 fully saturated rings. The van der Waals surface area contributed by atoms with Gasteiger partial charge in [0.25, 0.3) is 5.91 Å². The molecular formula is C27H30N6O2. The van der Waals surface area contributed by atoms with E-state index in [4.69, 9.17) is 15.0 Å². The van der Waals surface area contributed by atoms with Crippen molar-refractivity contribution in [3.8, 4) is 17.3 Å². The number of nitrogens with one attached hydrogen (secondary N) is 2. The van der Waals surface area contributed by atoms with E-state index < -0.39 is 0 Å². The topological polar surface area (TPSA) is 103 Å². The van der Waals surface area contributed by atoms with E-state index in [1.807, 2.05) is 37.3 Å². The Morgan fingerprint density at radius 1 is 1.14 bits per heavy atom. The first-order valence-corrected chi connectivity index (χ1v) is 11.8. The molecule has 3 aromatic rings. The van der Waals surface area contributed by atoms with Gasteiger partial charge >= 0.3 is 0 Å². The second kappa shape index (κ2) is 11.4. The molecule has 0 radical (unpaired) electrons. The Bertz CT molecular complexity index is 1180. The molecule has 0 bridgehead atoms. The van der Waals surface area contributed by atoms with Crippen LogP contribution in [-0.4, -0.2) is 49.2 Å². The van der Waals surface area contributed by atoms with E-state index >= 15 is 0 Å². The first-order chi connectivity index (χ1) is 17.1. The molecule has 180 valence electrons. The minimum atomic E-state index is -0.275. The number of methoxy groups -OCH3 is 1. The van der Waals surface area contributed by atoms with Crippen molar-refractivity contribution < 1.29 is 9.53 Å². The number of ether oxygens (including phenoxy) is 1. The number of rotatable bonds is 8. The third kappa shape index (κ3) is 6.14. The van der Waals surface area contributed by atoms with Gasteiger partial charge in [0.2, 0.25) is 5.95 Å². The van der Waals surface area contributed by atoms with E-state index in [2.05, 4.69) is 32.7 Å². The van der Waals surface area contributed by atoms with Crippen LogP contribution in [0.1, 0.15) is 28.8 Å². The van der Waals surface area contributed by atoms with E-state index in [-0.39, 0.29) is 12.5 Å². The fourth-order valence-electron chi connectivity index (χ4n) is 4.27. The minimum absolute atomic E-state index is 0.0193. The van der Waals surface area contributed by atoms with Crippen molar-refractivity contribution in [1.29, 1.82) is 5.26 Å². The monoisotopic (exact) mass is 470 g/mol. The number of benzene rings is 2. The summed E-state index contributed by atoms with van der Waals surface area (Å²) in [5, 5.41) is 14.5. The summed E-state index contributed by atoms with van der Waals surface area (Å²) in [4.78, 5) is 23.6. The Morgan fingerprint density at radius 2 is 1.86 bits per heavy atom. The Hall–Kier alpha value is -3.96. The van der Waals surface area contributed by atoms with Gasteiger partial charge in [0.05, 0.1) is 11.8 Å². The lowest BCUT2D eigenvalue weighted by Gasteiger charge is -2.33. The normalized spacial score (nSPS) is 13.8. The van der Waals surface area contributed by atoms with Crippen molar-refractivity contribution in [2.75, 3.05) is 43.6 Å². The number of aromatic nitrogens is 2. The van der Waals surface area contributed by atoms with E-state index in [1.165, 1.54) is 5.69 Å². The number of amides is 1. The van der Waals surface area contributed by atoms with Crippen molar-refractivity contribution >= 4 is 23.2 Å². The van der Waals surface area contributed by atoms with Crippen LogP contribution in [0.2, 0.25) is 0 Å². The summed E-state index contributed by atoms with van der Waals surface area (Å²) < 4.78 is 5.30. The van der Waals surface area contributed by atoms with Gasteiger partial charge < -0.3 is 20.3 Å². The molecule has 0 unspecified atom stereocenters. The maximum Gasteiger partial charge on any atom is 0.252 e. The predicted molar refractivity (Wildman–Crippen MR) is 137 cm³/mol. The third-order valence-corrected chi connectivity index (χ3v) is 6.23. The first-order valence-electron chi connectivity index (χ1n) is 11.8. The van der Waals surface area contributed by atoms with Gasteiger partial charge in [-0.1, -0.05) is 12.1 Å². The van der Waals surface area contributed by atoms with Crippen molar-refractivity contribution in [2.45, 2.75) is 19.8 Å². The van der Waals surface area contributed by atoms with E-state index in [0.29, 0.717) is 17.4 Å². The first kappa shape index (κ1) is 24.2. The zero-order valence-corrected chi connectivity index (χ0v) is 20.1. The van der Waals surface area contributed by atoms with Crippen molar-refractivity contribution in [1.82, 2.24) is 15.3 Å². The summed E-state index contributed by atoms with van der Waals surface area (Å²) in [6, 6.07) is 17.4. The molecule has 8 heteroatoms. The number of nitrogens with zero attached hydrogens (tertiary/aromatic N) is 4. The number of hydrogen-bond donors (Lipinski definition) is 2. The Kier molecular flexibility index (Phi) is 7.91. The molecule has 2 N–H and O–H groups in total. The standard InChI is InChI=1S/C27H30N6O2/c1-19-17-30-27(32-25(19)21-3-5-22(6-4-21)26(34)29-14-13-28)31-23-7-9-24(10-8-23)33-15-11-20(12-16-33)18-35-2/h3-10,17,20H,11-12,14-16,18H2,1-2H3,(H,29,34)(H,30,31,32). The molecule has 2 heterocycles. The molecule has 8 nitrogen and oxygen atoms in total. The summed E-state index contributed by atoms with van der Waals surface area (Å²) in [6.45, 7) is 4.87. The lowest BCUT2D eigenvalue weighted by Crippen LogP contribution is -2.34. The van der Waals surface area contributed by atoms with E-state index in [1.54, 1.807) is 25.4 Å². The van der Waals surface area contributed by atoms with Crippen molar-refractivity contribution in [2.24, 2.45) is 5.92 Å². The molecule has 1 aliphatic rings. The molecule has 0 saturated carbocycles. The molecular weight excluding hydrogens is 440 g/mol. The molecule has 35 heavy (non-hydrogen) atoms. The minimum Gasteiger partial charge on any atom is -0.384 e. The molecule has 1 saturated heterocycles. The summed E-state index contributed by atoms with van der Waals surface area (Å²) in [6.07, 6.45) is 4.09. The van der Waals surface area contributed by atoms with Crippen molar-refractivity contribution in [3.63, 3.8) is 0 Å². The number of aryl methyl sites for hydroxylation is 1. The number of hydrogen-bond acceptors (Lipinski definition) is 7. The van der Waals surface area contributed by atoms with Crippen LogP contribution in [0.3, 0.4) is 0 Å². The molecule has 0 atom stereocenters. The van der Waals surface area contributed by atoms with Gasteiger partial charge in [0.1, 0.15) is 6.54 Å². The van der Waals surface area contributed by atoms with Gasteiger partial charge in [-0.3, -0.25) is 4.79 Å². The average Bonchev–Trinajstić information content (AvgIpc) is 2.90. The molecule has 2 aromatic carbocycles. The lowest BCUT2D eigenvalue weighted by molar-refractivity contribution is 0.0958. The van der Waals surface area contributed by atoms with Crippen LogP contribution in [0.25, 0.3) is 11.3 Å². The highest BCUT2D eigenvalue weighted by molar-refractivity contribution is 5.94. The molecule has 0 aliphatic carbocycles. The van der Waals surface area contributed by atoms with Gasteiger partial charge in [-0.05, 0) is 67.6 Å². The molecule has 0 spiro atoms. The summed E-state index contributed by atoms with van der Waals surface area (Å²) in [7, 11) is 1.77. The Morgan fingerprint density at radius 3 is 2.51 bits per heavy atom. The molecule has 1 aromatic heterocycles. The lowest BCUT2D eigenvalue weighted by atomic mass is 9.97. The Labute approximate surface area is 206 Å². The maximum atomic E-state index is 12.0. The quantitative estimate of drug-likeness (QED) is 0.473. The number of piperidine rings is 1. The van der Waals surface area contributed by atoms with Crippen LogP contribution in [0.5, 0.6) is 0 Å². The summed E-state index contributed by atoms with van der Waals surface area (Å²) >= 11 is 0. The number of carbonyl (C=O) groups is 1. The van der Waals surface area contributed by atoms with Crippen LogP contribution in [0, 0.1) is 24.2 Å². The summed E-state index contributed by atoms with van der Waals surface area (Å²) in [5.74, 6) is 0.888. The predicted octanol–water partition coefficient (Wildman–Crippen LogP) is 4.31. The second-order valence-electron chi connectivity index (χ2n) is 8.70. The van der Waals surface area contributed by atoms with Crippen LogP contribution in [0.4, 0.5) is 17.3 Å². The fourth-order valence-corrected chi connectivity index (χ4v) is 4.27. The molecule has 4 rings (SSSR count). The van der Waals surface area contributed by atoms with E-state index in [9.17, 15) is 4.79 Å². The van der Waals surface area contributed by atoms with Crippen LogP contribution in [-0.2, 0) is 4.74 Å². The number of carbonyl (C=O) groups excluding carboxylic acids is 1. The number of anilines is 3.